The summed E-state index contributed by atoms with van der Waals surface area (Å²) in [5.74, 6) is 0.449. The standard InChI is InChI=1S/C11H14N2OS/c12-6-8-4-11(14)13(7-8)9-2-1-3-10(15)5-9/h1-3,5,8,15H,4,6-7,12H2. The van der Waals surface area contributed by atoms with Crippen molar-refractivity contribution in [2.75, 3.05) is 18.0 Å². The number of carbonyl (C=O) groups is 1. The molecule has 80 valence electrons. The Labute approximate surface area is 94.7 Å². The summed E-state index contributed by atoms with van der Waals surface area (Å²) < 4.78 is 0. The smallest absolute Gasteiger partial charge is 0.227 e. The molecule has 1 fully saturated rings. The third kappa shape index (κ3) is 2.16. The van der Waals surface area contributed by atoms with Crippen molar-refractivity contribution in [3.63, 3.8) is 0 Å². The lowest BCUT2D eigenvalue weighted by Crippen LogP contribution is -2.25. The molecule has 0 aromatic heterocycles. The molecule has 1 heterocycles. The zero-order valence-corrected chi connectivity index (χ0v) is 9.28. The largest absolute Gasteiger partial charge is 0.330 e. The lowest BCUT2D eigenvalue weighted by Gasteiger charge is -2.16. The maximum absolute atomic E-state index is 11.7. The summed E-state index contributed by atoms with van der Waals surface area (Å²) in [5, 5.41) is 0. The van der Waals surface area contributed by atoms with Gasteiger partial charge in [-0.2, -0.15) is 0 Å². The number of carbonyl (C=O) groups excluding carboxylic acids is 1. The zero-order chi connectivity index (χ0) is 10.8. The fraction of sp³-hybridized carbons (Fsp3) is 0.364. The molecule has 4 heteroatoms. The van der Waals surface area contributed by atoms with Crippen molar-refractivity contribution in [2.24, 2.45) is 11.7 Å². The van der Waals surface area contributed by atoms with Crippen LogP contribution in [-0.4, -0.2) is 19.0 Å². The van der Waals surface area contributed by atoms with Crippen LogP contribution in [0.3, 0.4) is 0 Å². The number of rotatable bonds is 2. The van der Waals surface area contributed by atoms with Crippen LogP contribution in [0.15, 0.2) is 29.2 Å². The Bertz CT molecular complexity index is 381. The Hall–Kier alpha value is -1.00. The number of benzene rings is 1. The summed E-state index contributed by atoms with van der Waals surface area (Å²) in [6, 6.07) is 7.63. The van der Waals surface area contributed by atoms with Gasteiger partial charge in [0.15, 0.2) is 0 Å². The fourth-order valence-corrected chi connectivity index (χ4v) is 2.07. The van der Waals surface area contributed by atoms with E-state index in [1.165, 1.54) is 0 Å². The number of thiol groups is 1. The molecule has 2 rings (SSSR count). The number of nitrogens with two attached hydrogens (primary N) is 1. The van der Waals surface area contributed by atoms with E-state index >= 15 is 0 Å². The van der Waals surface area contributed by atoms with E-state index in [9.17, 15) is 4.79 Å². The maximum atomic E-state index is 11.7. The monoisotopic (exact) mass is 222 g/mol. The summed E-state index contributed by atoms with van der Waals surface area (Å²) in [4.78, 5) is 14.4. The Morgan fingerprint density at radius 2 is 2.33 bits per heavy atom. The second-order valence-corrected chi connectivity index (χ2v) is 4.35. The molecule has 1 aliphatic rings. The lowest BCUT2D eigenvalue weighted by molar-refractivity contribution is -0.117. The van der Waals surface area contributed by atoms with Gasteiger partial charge in [0.1, 0.15) is 0 Å². The maximum Gasteiger partial charge on any atom is 0.227 e. The van der Waals surface area contributed by atoms with Gasteiger partial charge in [-0.25, -0.2) is 0 Å². The second-order valence-electron chi connectivity index (χ2n) is 3.83. The van der Waals surface area contributed by atoms with E-state index < -0.39 is 0 Å². The van der Waals surface area contributed by atoms with E-state index in [1.807, 2.05) is 24.3 Å². The first-order valence-corrected chi connectivity index (χ1v) is 5.45. The van der Waals surface area contributed by atoms with Gasteiger partial charge in [0.2, 0.25) is 5.91 Å². The van der Waals surface area contributed by atoms with Crippen LogP contribution in [-0.2, 0) is 4.79 Å². The van der Waals surface area contributed by atoms with E-state index in [0.29, 0.717) is 18.9 Å². The first kappa shape index (κ1) is 10.5. The summed E-state index contributed by atoms with van der Waals surface area (Å²) in [6.45, 7) is 1.30. The first-order chi connectivity index (χ1) is 7.20. The van der Waals surface area contributed by atoms with Crippen molar-refractivity contribution < 1.29 is 4.79 Å². The molecule has 1 unspecified atom stereocenters. The molecular weight excluding hydrogens is 208 g/mol. The van der Waals surface area contributed by atoms with Gasteiger partial charge in [-0.05, 0) is 30.7 Å². The van der Waals surface area contributed by atoms with Crippen molar-refractivity contribution in [1.82, 2.24) is 0 Å². The Kier molecular flexibility index (Phi) is 2.98. The average molecular weight is 222 g/mol. The summed E-state index contributed by atoms with van der Waals surface area (Å²) in [5.41, 5.74) is 6.49. The van der Waals surface area contributed by atoms with E-state index in [0.717, 1.165) is 17.1 Å². The van der Waals surface area contributed by atoms with Crippen molar-refractivity contribution in [3.05, 3.63) is 24.3 Å². The second kappa shape index (κ2) is 4.24. The Balaban J connectivity index is 2.21. The van der Waals surface area contributed by atoms with Crippen molar-refractivity contribution in [2.45, 2.75) is 11.3 Å². The predicted molar refractivity (Wildman–Crippen MR) is 63.2 cm³/mol. The molecule has 0 aliphatic carbocycles. The number of nitrogens with zero attached hydrogens (tertiary/aromatic N) is 1. The lowest BCUT2D eigenvalue weighted by atomic mass is 10.1. The van der Waals surface area contributed by atoms with Crippen LogP contribution in [0.5, 0.6) is 0 Å². The molecule has 0 bridgehead atoms. The van der Waals surface area contributed by atoms with Gasteiger partial charge < -0.3 is 10.6 Å². The molecular formula is C11H14N2OS. The zero-order valence-electron chi connectivity index (χ0n) is 8.39. The normalized spacial score (nSPS) is 21.1. The Morgan fingerprint density at radius 1 is 1.53 bits per heavy atom. The molecule has 0 spiro atoms. The van der Waals surface area contributed by atoms with Crippen LogP contribution < -0.4 is 10.6 Å². The summed E-state index contributed by atoms with van der Waals surface area (Å²) in [7, 11) is 0. The summed E-state index contributed by atoms with van der Waals surface area (Å²) in [6.07, 6.45) is 0.563. The van der Waals surface area contributed by atoms with E-state index in [2.05, 4.69) is 12.6 Å². The van der Waals surface area contributed by atoms with Gasteiger partial charge >= 0.3 is 0 Å². The highest BCUT2D eigenvalue weighted by molar-refractivity contribution is 7.80. The first-order valence-electron chi connectivity index (χ1n) is 5.00. The molecule has 0 saturated carbocycles. The number of hydrogen-bond acceptors (Lipinski definition) is 3. The third-order valence-electron chi connectivity index (χ3n) is 2.68. The van der Waals surface area contributed by atoms with Gasteiger partial charge in [-0.1, -0.05) is 6.07 Å². The Morgan fingerprint density at radius 3 is 2.93 bits per heavy atom. The molecule has 1 aromatic rings. The average Bonchev–Trinajstić information content (AvgIpc) is 2.60. The number of amides is 1. The summed E-state index contributed by atoms with van der Waals surface area (Å²) >= 11 is 4.26. The quantitative estimate of drug-likeness (QED) is 0.741. The molecule has 1 saturated heterocycles. The molecule has 3 nitrogen and oxygen atoms in total. The van der Waals surface area contributed by atoms with E-state index in [1.54, 1.807) is 4.90 Å². The number of anilines is 1. The van der Waals surface area contributed by atoms with Crippen molar-refractivity contribution >= 4 is 24.2 Å². The highest BCUT2D eigenvalue weighted by Crippen LogP contribution is 2.25. The van der Waals surface area contributed by atoms with E-state index in [4.69, 9.17) is 5.73 Å². The molecule has 1 amide bonds. The minimum atomic E-state index is 0.157. The molecule has 0 radical (unpaired) electrons. The van der Waals surface area contributed by atoms with Crippen LogP contribution in [0.25, 0.3) is 0 Å². The third-order valence-corrected chi connectivity index (χ3v) is 2.96. The van der Waals surface area contributed by atoms with Gasteiger partial charge in [-0.3, -0.25) is 4.79 Å². The fourth-order valence-electron chi connectivity index (χ4n) is 1.85. The van der Waals surface area contributed by atoms with Crippen LogP contribution in [0.4, 0.5) is 5.69 Å². The minimum absolute atomic E-state index is 0.157. The van der Waals surface area contributed by atoms with Crippen molar-refractivity contribution in [3.8, 4) is 0 Å². The van der Waals surface area contributed by atoms with Crippen molar-refractivity contribution in [1.29, 1.82) is 0 Å². The van der Waals surface area contributed by atoms with Crippen LogP contribution in [0, 0.1) is 5.92 Å². The SMILES string of the molecule is NCC1CC(=O)N(c2cccc(S)c2)C1. The molecule has 1 atom stereocenters. The molecule has 2 N–H and O–H groups in total. The van der Waals surface area contributed by atoms with Crippen LogP contribution in [0.1, 0.15) is 6.42 Å². The molecule has 1 aromatic carbocycles. The number of hydrogen-bond donors (Lipinski definition) is 2. The van der Waals surface area contributed by atoms with Gasteiger partial charge in [-0.15, -0.1) is 12.6 Å². The molecule has 15 heavy (non-hydrogen) atoms. The van der Waals surface area contributed by atoms with E-state index in [-0.39, 0.29) is 5.91 Å². The molecule has 1 aliphatic heterocycles. The van der Waals surface area contributed by atoms with Crippen LogP contribution in [0.2, 0.25) is 0 Å². The highest BCUT2D eigenvalue weighted by atomic mass is 32.1. The van der Waals surface area contributed by atoms with Gasteiger partial charge in [0.05, 0.1) is 0 Å². The highest BCUT2D eigenvalue weighted by Gasteiger charge is 2.29. The van der Waals surface area contributed by atoms with Gasteiger partial charge in [0, 0.05) is 23.5 Å². The minimum Gasteiger partial charge on any atom is -0.330 e. The predicted octanol–water partition coefficient (Wildman–Crippen LogP) is 1.29. The topological polar surface area (TPSA) is 46.3 Å². The van der Waals surface area contributed by atoms with Crippen LogP contribution >= 0.6 is 12.6 Å². The van der Waals surface area contributed by atoms with Gasteiger partial charge in [0.25, 0.3) is 0 Å².